The van der Waals surface area contributed by atoms with E-state index in [2.05, 4.69) is 43.3 Å². The van der Waals surface area contributed by atoms with Crippen molar-refractivity contribution >= 4 is 0 Å². The molecule has 1 nitrogen and oxygen atoms in total. The Morgan fingerprint density at radius 3 is 1.61 bits per heavy atom. The average molecular weight is 240 g/mol. The van der Waals surface area contributed by atoms with Gasteiger partial charge >= 0.3 is 0 Å². The molecule has 0 bridgehead atoms. The number of benzene rings is 2. The van der Waals surface area contributed by atoms with E-state index >= 15 is 0 Å². The van der Waals surface area contributed by atoms with Crippen LogP contribution in [0.2, 0.25) is 0 Å². The van der Waals surface area contributed by atoms with E-state index in [-0.39, 0.29) is 12.0 Å². The second kappa shape index (κ2) is 5.83. The lowest BCUT2D eigenvalue weighted by molar-refractivity contribution is 0.151. The van der Waals surface area contributed by atoms with Gasteiger partial charge in [0, 0.05) is 5.92 Å². The van der Waals surface area contributed by atoms with Crippen molar-refractivity contribution in [3.63, 3.8) is 0 Å². The third-order valence-electron chi connectivity index (χ3n) is 3.57. The monoisotopic (exact) mass is 240 g/mol. The topological polar surface area (TPSA) is 20.2 Å². The van der Waals surface area contributed by atoms with Crippen molar-refractivity contribution < 1.29 is 5.11 Å². The Hall–Kier alpha value is -1.60. The lowest BCUT2D eigenvalue weighted by atomic mass is 9.80. The number of hydrogen-bond acceptors (Lipinski definition) is 1. The largest absolute Gasteiger partial charge is 0.393 e. The second-order valence-electron chi connectivity index (χ2n) is 4.88. The summed E-state index contributed by atoms with van der Waals surface area (Å²) < 4.78 is 0. The number of hydrogen-bond donors (Lipinski definition) is 1. The van der Waals surface area contributed by atoms with Gasteiger partial charge in [-0.05, 0) is 24.0 Å². The van der Waals surface area contributed by atoms with E-state index in [1.54, 1.807) is 0 Å². The maximum Gasteiger partial charge on any atom is 0.0586 e. The summed E-state index contributed by atoms with van der Waals surface area (Å²) in [6.45, 7) is 4.05. The van der Waals surface area contributed by atoms with Gasteiger partial charge in [0.15, 0.2) is 0 Å². The van der Waals surface area contributed by atoms with Crippen LogP contribution in [0.5, 0.6) is 0 Å². The quantitative estimate of drug-likeness (QED) is 0.857. The first-order chi connectivity index (χ1) is 8.70. The third-order valence-corrected chi connectivity index (χ3v) is 3.57. The van der Waals surface area contributed by atoms with Gasteiger partial charge < -0.3 is 5.11 Å². The van der Waals surface area contributed by atoms with Crippen molar-refractivity contribution in [3.8, 4) is 0 Å². The fourth-order valence-electron chi connectivity index (χ4n) is 2.62. The molecule has 0 unspecified atom stereocenters. The molecule has 2 aromatic rings. The standard InChI is InChI=1S/C17H20O/c1-13(15-9-5-3-6-10-15)17(14(2)18)16-11-7-4-8-12-16/h3-14,17-18H,1-2H3/t13-,14-,17+/m0/s1. The van der Waals surface area contributed by atoms with Gasteiger partial charge in [-0.15, -0.1) is 0 Å². The molecule has 1 heteroatoms. The van der Waals surface area contributed by atoms with Crippen LogP contribution in [-0.4, -0.2) is 11.2 Å². The van der Waals surface area contributed by atoms with Crippen LogP contribution in [0.4, 0.5) is 0 Å². The van der Waals surface area contributed by atoms with Gasteiger partial charge in [0.2, 0.25) is 0 Å². The Kier molecular flexibility index (Phi) is 4.16. The molecule has 0 aliphatic heterocycles. The van der Waals surface area contributed by atoms with Gasteiger partial charge in [0.25, 0.3) is 0 Å². The number of aliphatic hydroxyl groups is 1. The van der Waals surface area contributed by atoms with Crippen LogP contribution in [0.1, 0.15) is 36.8 Å². The Morgan fingerprint density at radius 1 is 0.722 bits per heavy atom. The van der Waals surface area contributed by atoms with Gasteiger partial charge in [-0.3, -0.25) is 0 Å². The zero-order valence-electron chi connectivity index (χ0n) is 11.0. The molecular weight excluding hydrogens is 220 g/mol. The summed E-state index contributed by atoms with van der Waals surface area (Å²) in [7, 11) is 0. The highest BCUT2D eigenvalue weighted by atomic mass is 16.3. The average Bonchev–Trinajstić information content (AvgIpc) is 2.40. The van der Waals surface area contributed by atoms with E-state index in [0.717, 1.165) is 0 Å². The molecule has 0 spiro atoms. The highest BCUT2D eigenvalue weighted by molar-refractivity contribution is 5.28. The van der Waals surface area contributed by atoms with Gasteiger partial charge in [-0.1, -0.05) is 67.6 Å². The lowest BCUT2D eigenvalue weighted by Gasteiger charge is -2.27. The molecule has 0 saturated heterocycles. The fraction of sp³-hybridized carbons (Fsp3) is 0.294. The van der Waals surface area contributed by atoms with E-state index in [9.17, 15) is 5.11 Å². The van der Waals surface area contributed by atoms with Crippen LogP contribution in [0.3, 0.4) is 0 Å². The Bertz CT molecular complexity index is 461. The maximum atomic E-state index is 10.1. The summed E-state index contributed by atoms with van der Waals surface area (Å²) in [5, 5.41) is 10.1. The molecule has 0 amide bonds. The van der Waals surface area contributed by atoms with Gasteiger partial charge in [-0.2, -0.15) is 0 Å². The second-order valence-corrected chi connectivity index (χ2v) is 4.88. The van der Waals surface area contributed by atoms with Crippen LogP contribution >= 0.6 is 0 Å². The molecule has 94 valence electrons. The SMILES string of the molecule is C[C@H](O)[C@H](c1ccccc1)[C@@H](C)c1ccccc1. The van der Waals surface area contributed by atoms with E-state index in [4.69, 9.17) is 0 Å². The molecule has 18 heavy (non-hydrogen) atoms. The Morgan fingerprint density at radius 2 is 1.17 bits per heavy atom. The molecule has 3 atom stereocenters. The maximum absolute atomic E-state index is 10.1. The summed E-state index contributed by atoms with van der Waals surface area (Å²) in [5.74, 6) is 0.433. The molecule has 2 aromatic carbocycles. The molecule has 0 aromatic heterocycles. The van der Waals surface area contributed by atoms with E-state index in [1.165, 1.54) is 11.1 Å². The van der Waals surface area contributed by atoms with Gasteiger partial charge in [0.1, 0.15) is 0 Å². The summed E-state index contributed by atoms with van der Waals surface area (Å²) >= 11 is 0. The van der Waals surface area contributed by atoms with Gasteiger partial charge in [0.05, 0.1) is 6.10 Å². The minimum absolute atomic E-state index is 0.133. The first-order valence-corrected chi connectivity index (χ1v) is 6.48. The van der Waals surface area contributed by atoms with E-state index < -0.39 is 0 Å². The van der Waals surface area contributed by atoms with Crippen LogP contribution in [0, 0.1) is 0 Å². The van der Waals surface area contributed by atoms with Crippen LogP contribution < -0.4 is 0 Å². The van der Waals surface area contributed by atoms with E-state index in [0.29, 0.717) is 5.92 Å². The zero-order chi connectivity index (χ0) is 13.0. The minimum atomic E-state index is -0.359. The Balaban J connectivity index is 2.32. The first-order valence-electron chi connectivity index (χ1n) is 6.48. The summed E-state index contributed by atoms with van der Waals surface area (Å²) in [4.78, 5) is 0. The molecule has 0 saturated carbocycles. The molecular formula is C17H20O. The van der Waals surface area contributed by atoms with Crippen LogP contribution in [-0.2, 0) is 0 Å². The van der Waals surface area contributed by atoms with Crippen LogP contribution in [0.15, 0.2) is 60.7 Å². The summed E-state index contributed by atoms with van der Waals surface area (Å²) in [6, 6.07) is 20.6. The molecule has 0 aliphatic carbocycles. The number of rotatable bonds is 4. The van der Waals surface area contributed by atoms with Crippen molar-refractivity contribution in [1.82, 2.24) is 0 Å². The predicted molar refractivity (Wildman–Crippen MR) is 75.7 cm³/mol. The lowest BCUT2D eigenvalue weighted by Crippen LogP contribution is -2.20. The third kappa shape index (κ3) is 2.80. The predicted octanol–water partition coefficient (Wildman–Crippen LogP) is 3.95. The molecule has 0 radical (unpaired) electrons. The smallest absolute Gasteiger partial charge is 0.0586 e. The Labute approximate surface area is 109 Å². The summed E-state index contributed by atoms with van der Waals surface area (Å²) in [5.41, 5.74) is 2.47. The first kappa shape index (κ1) is 12.8. The van der Waals surface area contributed by atoms with Gasteiger partial charge in [-0.25, -0.2) is 0 Å². The van der Waals surface area contributed by atoms with Crippen molar-refractivity contribution in [2.75, 3.05) is 0 Å². The minimum Gasteiger partial charge on any atom is -0.393 e. The van der Waals surface area contributed by atoms with E-state index in [1.807, 2.05) is 31.2 Å². The van der Waals surface area contributed by atoms with Crippen molar-refractivity contribution in [3.05, 3.63) is 71.8 Å². The normalized spacial score (nSPS) is 15.9. The zero-order valence-corrected chi connectivity index (χ0v) is 11.0. The molecule has 0 fully saturated rings. The molecule has 2 rings (SSSR count). The fourth-order valence-corrected chi connectivity index (χ4v) is 2.62. The van der Waals surface area contributed by atoms with Crippen molar-refractivity contribution in [2.45, 2.75) is 31.8 Å². The van der Waals surface area contributed by atoms with Crippen LogP contribution in [0.25, 0.3) is 0 Å². The van der Waals surface area contributed by atoms with Crippen molar-refractivity contribution in [1.29, 1.82) is 0 Å². The highest BCUT2D eigenvalue weighted by Gasteiger charge is 2.24. The highest BCUT2D eigenvalue weighted by Crippen LogP contribution is 2.35. The summed E-state index contributed by atoms with van der Waals surface area (Å²) in [6.07, 6.45) is -0.359. The molecule has 0 heterocycles. The molecule has 1 N–H and O–H groups in total. The van der Waals surface area contributed by atoms with Crippen molar-refractivity contribution in [2.24, 2.45) is 0 Å². The molecule has 0 aliphatic rings. The number of aliphatic hydroxyl groups excluding tert-OH is 1.